The van der Waals surface area contributed by atoms with E-state index in [9.17, 15) is 0 Å². The smallest absolute Gasteiger partial charge is 0.203 e. The zero-order chi connectivity index (χ0) is 29.3. The van der Waals surface area contributed by atoms with Gasteiger partial charge < -0.3 is 18.9 Å². The maximum Gasteiger partial charge on any atom is 0.203 e. The molecule has 0 fully saturated rings. The molecule has 0 unspecified atom stereocenters. The monoisotopic (exact) mass is 560 g/mol. The number of aromatic nitrogens is 1. The average Bonchev–Trinajstić information content (AvgIpc) is 3.04. The predicted octanol–water partition coefficient (Wildman–Crippen LogP) is 8.20. The minimum atomic E-state index is 0.527. The molecule has 42 heavy (non-hydrogen) atoms. The predicted molar refractivity (Wildman–Crippen MR) is 169 cm³/mol. The number of hydrogen-bond donors (Lipinski definition) is 0. The zero-order valence-corrected chi connectivity index (χ0v) is 24.6. The summed E-state index contributed by atoms with van der Waals surface area (Å²) in [6.07, 6.45) is 5.29. The van der Waals surface area contributed by atoms with E-state index < -0.39 is 0 Å². The molecule has 0 saturated heterocycles. The van der Waals surface area contributed by atoms with Gasteiger partial charge in [0.1, 0.15) is 11.4 Å². The molecule has 0 amide bonds. The third-order valence-electron chi connectivity index (χ3n) is 6.94. The molecule has 0 saturated carbocycles. The molecule has 0 radical (unpaired) electrons. The summed E-state index contributed by atoms with van der Waals surface area (Å²) in [5.41, 5.74) is 5.75. The Morgan fingerprint density at radius 3 is 1.93 bits per heavy atom. The number of hydrogen-bond acceptors (Lipinski definition) is 6. The lowest BCUT2D eigenvalue weighted by molar-refractivity contribution is 0.274. The van der Waals surface area contributed by atoms with Crippen molar-refractivity contribution in [1.82, 2.24) is 4.98 Å². The third-order valence-corrected chi connectivity index (χ3v) is 6.94. The Kier molecular flexibility index (Phi) is 9.34. The molecule has 0 aliphatic heterocycles. The molecule has 5 rings (SSSR count). The maximum atomic E-state index is 6.10. The Labute approximate surface area is 247 Å². The van der Waals surface area contributed by atoms with Gasteiger partial charge in [0.25, 0.3) is 0 Å². The van der Waals surface area contributed by atoms with Crippen LogP contribution in [0.3, 0.4) is 0 Å². The van der Waals surface area contributed by atoms with Crippen LogP contribution < -0.4 is 18.9 Å². The van der Waals surface area contributed by atoms with E-state index in [1.165, 1.54) is 0 Å². The van der Waals surface area contributed by atoms with Crippen molar-refractivity contribution in [3.63, 3.8) is 0 Å². The fraction of sp³-hybridized carbons (Fsp3) is 0.222. The van der Waals surface area contributed by atoms with Crippen molar-refractivity contribution in [2.75, 3.05) is 27.4 Å². The maximum absolute atomic E-state index is 6.10. The van der Waals surface area contributed by atoms with Gasteiger partial charge in [-0.1, -0.05) is 73.7 Å². The van der Waals surface area contributed by atoms with Crippen molar-refractivity contribution in [2.24, 2.45) is 4.99 Å². The van der Waals surface area contributed by atoms with Crippen LogP contribution in [0.2, 0.25) is 0 Å². The Morgan fingerprint density at radius 1 is 0.714 bits per heavy atom. The summed E-state index contributed by atoms with van der Waals surface area (Å²) in [5.74, 6) is 2.62. The van der Waals surface area contributed by atoms with Gasteiger partial charge in [-0.2, -0.15) is 0 Å². The van der Waals surface area contributed by atoms with Crippen molar-refractivity contribution >= 4 is 22.2 Å². The first kappa shape index (κ1) is 28.7. The summed E-state index contributed by atoms with van der Waals surface area (Å²) in [6.45, 7) is 5.16. The highest BCUT2D eigenvalue weighted by atomic mass is 16.5. The van der Waals surface area contributed by atoms with Crippen LogP contribution in [0, 0.1) is 0 Å². The molecule has 6 nitrogen and oxygen atoms in total. The van der Waals surface area contributed by atoms with Crippen LogP contribution in [-0.2, 0) is 6.42 Å². The van der Waals surface area contributed by atoms with E-state index in [1.54, 1.807) is 14.2 Å². The van der Waals surface area contributed by atoms with Crippen LogP contribution in [0.1, 0.15) is 42.5 Å². The molecule has 4 aromatic carbocycles. The molecule has 1 aromatic heterocycles. The Bertz CT molecular complexity index is 1600. The standard InChI is InChI=1S/C36H36N2O4/c1-5-19-42-36-32(39-3)21-25(22-33(36)40-4)20-28-23-37-24-30-29(28)17-18-31(41-6-2)35(30)38-34(26-13-9-7-10-14-26)27-15-11-8-12-16-27/h7-18,21-24H,5-6,19-20H2,1-4H3. The first-order chi connectivity index (χ1) is 20.7. The van der Waals surface area contributed by atoms with E-state index in [4.69, 9.17) is 23.9 Å². The molecule has 5 aromatic rings. The number of pyridine rings is 1. The summed E-state index contributed by atoms with van der Waals surface area (Å²) in [7, 11) is 3.29. The summed E-state index contributed by atoms with van der Waals surface area (Å²) < 4.78 is 23.4. The van der Waals surface area contributed by atoms with Gasteiger partial charge in [0.15, 0.2) is 11.5 Å². The largest absolute Gasteiger partial charge is 0.493 e. The van der Waals surface area contributed by atoms with E-state index in [0.717, 1.165) is 50.8 Å². The van der Waals surface area contributed by atoms with Gasteiger partial charge in [-0.15, -0.1) is 0 Å². The summed E-state index contributed by atoms with van der Waals surface area (Å²) in [4.78, 5) is 9.94. The second-order valence-electron chi connectivity index (χ2n) is 9.79. The molecule has 0 aliphatic carbocycles. The Morgan fingerprint density at radius 2 is 1.36 bits per heavy atom. The lowest BCUT2D eigenvalue weighted by Gasteiger charge is -2.17. The number of fused-ring (bicyclic) bond motifs is 1. The fourth-order valence-electron chi connectivity index (χ4n) is 5.00. The molecule has 1 heterocycles. The minimum absolute atomic E-state index is 0.527. The van der Waals surface area contributed by atoms with E-state index >= 15 is 0 Å². The SMILES string of the molecule is CCCOc1c(OC)cc(Cc2cncc3c(N=C(c4ccccc4)c4ccccc4)c(OCC)ccc23)cc1OC. The first-order valence-corrected chi connectivity index (χ1v) is 14.3. The molecule has 0 spiro atoms. The molecule has 0 atom stereocenters. The van der Waals surface area contributed by atoms with Gasteiger partial charge in [0.2, 0.25) is 5.75 Å². The quantitative estimate of drug-likeness (QED) is 0.144. The topological polar surface area (TPSA) is 62.2 Å². The van der Waals surface area contributed by atoms with Gasteiger partial charge in [0.05, 0.1) is 33.1 Å². The number of rotatable bonds is 12. The van der Waals surface area contributed by atoms with Gasteiger partial charge in [-0.3, -0.25) is 4.98 Å². The van der Waals surface area contributed by atoms with E-state index in [1.807, 2.05) is 73.9 Å². The van der Waals surface area contributed by atoms with Crippen LogP contribution in [-0.4, -0.2) is 38.1 Å². The summed E-state index contributed by atoms with van der Waals surface area (Å²) in [6, 6.07) is 28.6. The number of ether oxygens (including phenoxy) is 4. The van der Waals surface area contributed by atoms with Gasteiger partial charge >= 0.3 is 0 Å². The van der Waals surface area contributed by atoms with Gasteiger partial charge in [-0.25, -0.2) is 4.99 Å². The highest BCUT2D eigenvalue weighted by Gasteiger charge is 2.18. The first-order valence-electron chi connectivity index (χ1n) is 14.3. The van der Waals surface area contributed by atoms with Gasteiger partial charge in [0, 0.05) is 28.9 Å². The third kappa shape index (κ3) is 6.23. The lowest BCUT2D eigenvalue weighted by Crippen LogP contribution is -2.04. The zero-order valence-electron chi connectivity index (χ0n) is 24.6. The van der Waals surface area contributed by atoms with Crippen molar-refractivity contribution < 1.29 is 18.9 Å². The Hall–Kier alpha value is -4.84. The second-order valence-corrected chi connectivity index (χ2v) is 9.79. The van der Waals surface area contributed by atoms with Crippen molar-refractivity contribution in [3.05, 3.63) is 120 Å². The van der Waals surface area contributed by atoms with E-state index in [-0.39, 0.29) is 0 Å². The summed E-state index contributed by atoms with van der Waals surface area (Å²) in [5, 5.41) is 1.97. The summed E-state index contributed by atoms with van der Waals surface area (Å²) >= 11 is 0. The molecule has 214 valence electrons. The molecular weight excluding hydrogens is 524 g/mol. The van der Waals surface area contributed by atoms with Crippen molar-refractivity contribution in [3.8, 4) is 23.0 Å². The molecule has 0 bridgehead atoms. The normalized spacial score (nSPS) is 10.8. The number of benzene rings is 4. The number of methoxy groups -OCH3 is 2. The lowest BCUT2D eigenvalue weighted by atomic mass is 9.98. The van der Waals surface area contributed by atoms with Crippen LogP contribution in [0.4, 0.5) is 5.69 Å². The van der Waals surface area contributed by atoms with Crippen LogP contribution in [0.25, 0.3) is 10.8 Å². The molecule has 0 N–H and O–H groups in total. The fourth-order valence-corrected chi connectivity index (χ4v) is 5.00. The Balaban J connectivity index is 1.65. The highest BCUT2D eigenvalue weighted by Crippen LogP contribution is 2.41. The van der Waals surface area contributed by atoms with Crippen molar-refractivity contribution in [1.29, 1.82) is 0 Å². The van der Waals surface area contributed by atoms with Crippen LogP contribution in [0.15, 0.2) is 102 Å². The van der Waals surface area contributed by atoms with Crippen LogP contribution in [0.5, 0.6) is 23.0 Å². The molecule has 0 aliphatic rings. The van der Waals surface area contributed by atoms with E-state index in [2.05, 4.69) is 42.2 Å². The highest BCUT2D eigenvalue weighted by molar-refractivity contribution is 6.15. The second kappa shape index (κ2) is 13.7. The van der Waals surface area contributed by atoms with Crippen LogP contribution >= 0.6 is 0 Å². The number of aliphatic imine (C=N–C) groups is 1. The minimum Gasteiger partial charge on any atom is -0.493 e. The number of nitrogens with zero attached hydrogens (tertiary/aromatic N) is 2. The average molecular weight is 561 g/mol. The van der Waals surface area contributed by atoms with Gasteiger partial charge in [-0.05, 0) is 54.5 Å². The van der Waals surface area contributed by atoms with Crippen molar-refractivity contribution in [2.45, 2.75) is 26.7 Å². The van der Waals surface area contributed by atoms with E-state index in [0.29, 0.717) is 42.6 Å². The molecule has 6 heteroatoms. The molecular formula is C36H36N2O4.